The largest absolute Gasteiger partial charge is 0.493 e. The van der Waals surface area contributed by atoms with Crippen molar-refractivity contribution in [2.75, 3.05) is 26.0 Å². The van der Waals surface area contributed by atoms with Crippen molar-refractivity contribution in [2.24, 2.45) is 0 Å². The number of rotatable bonds is 5. The quantitative estimate of drug-likeness (QED) is 0.775. The van der Waals surface area contributed by atoms with Gasteiger partial charge in [-0.25, -0.2) is 0 Å². The van der Waals surface area contributed by atoms with Crippen LogP contribution in [0, 0.1) is 0 Å². The zero-order valence-electron chi connectivity index (χ0n) is 17.8. The molecule has 1 aliphatic heterocycles. The fraction of sp³-hybridized carbons (Fsp3) is 0.455. The molecule has 0 aliphatic carbocycles. The van der Waals surface area contributed by atoms with Crippen LogP contribution in [0.4, 0.5) is 5.69 Å². The molecule has 3 rings (SSSR count). The summed E-state index contributed by atoms with van der Waals surface area (Å²) >= 11 is 6.34. The summed E-state index contributed by atoms with van der Waals surface area (Å²) in [6.07, 6.45) is 1.64. The van der Waals surface area contributed by atoms with Crippen molar-refractivity contribution in [1.29, 1.82) is 0 Å². The van der Waals surface area contributed by atoms with Gasteiger partial charge in [-0.2, -0.15) is 0 Å². The van der Waals surface area contributed by atoms with Gasteiger partial charge in [-0.1, -0.05) is 25.4 Å². The number of ether oxygens (including phenoxy) is 2. The third-order valence-electron chi connectivity index (χ3n) is 4.82. The van der Waals surface area contributed by atoms with E-state index in [-0.39, 0.29) is 17.4 Å². The highest BCUT2D eigenvalue weighted by molar-refractivity contribution is 6.32. The average molecular weight is 418 g/mol. The summed E-state index contributed by atoms with van der Waals surface area (Å²) in [7, 11) is 3.61. The van der Waals surface area contributed by atoms with Gasteiger partial charge in [-0.3, -0.25) is 9.78 Å². The number of hydrogen-bond donors (Lipinski definition) is 1. The standard InChI is InChI=1S/C22H28ClN3O3/c1-13(2)29-19-17(23)8-14(9-18(19)28-6)21(27)25-16-7-15-11-26(5)12-22(3,4)20(15)24-10-16/h7-10,13H,11-12H2,1-6H3,(H,25,27). The first-order valence-corrected chi connectivity index (χ1v) is 10.0. The molecule has 1 amide bonds. The Morgan fingerprint density at radius 3 is 2.69 bits per heavy atom. The zero-order valence-corrected chi connectivity index (χ0v) is 18.6. The number of aromatic nitrogens is 1. The van der Waals surface area contributed by atoms with Crippen LogP contribution in [0.2, 0.25) is 5.02 Å². The summed E-state index contributed by atoms with van der Waals surface area (Å²) in [5, 5.41) is 3.24. The van der Waals surface area contributed by atoms with E-state index in [2.05, 4.69) is 36.1 Å². The molecule has 2 heterocycles. The van der Waals surface area contributed by atoms with Gasteiger partial charge in [0.1, 0.15) is 0 Å². The second-order valence-electron chi connectivity index (χ2n) is 8.40. The number of halogens is 1. The number of likely N-dealkylation sites (N-methyl/N-ethyl adjacent to an activating group) is 1. The molecule has 0 atom stereocenters. The molecule has 0 fully saturated rings. The van der Waals surface area contributed by atoms with Gasteiger partial charge in [0, 0.05) is 24.1 Å². The lowest BCUT2D eigenvalue weighted by Crippen LogP contribution is -2.40. The monoisotopic (exact) mass is 417 g/mol. The van der Waals surface area contributed by atoms with Crippen molar-refractivity contribution < 1.29 is 14.3 Å². The van der Waals surface area contributed by atoms with E-state index >= 15 is 0 Å². The van der Waals surface area contributed by atoms with E-state index in [1.807, 2.05) is 19.9 Å². The highest BCUT2D eigenvalue weighted by atomic mass is 35.5. The molecular weight excluding hydrogens is 390 g/mol. The first kappa shape index (κ1) is 21.4. The van der Waals surface area contributed by atoms with Gasteiger partial charge < -0.3 is 19.7 Å². The van der Waals surface area contributed by atoms with Crippen LogP contribution in [0.15, 0.2) is 24.4 Å². The summed E-state index contributed by atoms with van der Waals surface area (Å²) in [4.78, 5) is 19.7. The van der Waals surface area contributed by atoms with Crippen molar-refractivity contribution in [1.82, 2.24) is 9.88 Å². The molecule has 0 radical (unpaired) electrons. The van der Waals surface area contributed by atoms with Gasteiger partial charge in [0.25, 0.3) is 5.91 Å². The van der Waals surface area contributed by atoms with Crippen LogP contribution < -0.4 is 14.8 Å². The minimum absolute atomic E-state index is 0.0298. The number of benzene rings is 1. The molecule has 1 aliphatic rings. The number of carbonyl (C=O) groups excluding carboxylic acids is 1. The van der Waals surface area contributed by atoms with Crippen LogP contribution in [0.3, 0.4) is 0 Å². The summed E-state index contributed by atoms with van der Waals surface area (Å²) in [5.41, 5.74) is 3.21. The van der Waals surface area contributed by atoms with Crippen LogP contribution in [0.1, 0.15) is 49.3 Å². The fourth-order valence-electron chi connectivity index (χ4n) is 3.81. The van der Waals surface area contributed by atoms with E-state index in [4.69, 9.17) is 21.1 Å². The van der Waals surface area contributed by atoms with E-state index in [1.165, 1.54) is 7.11 Å². The van der Waals surface area contributed by atoms with Crippen molar-refractivity contribution in [3.05, 3.63) is 46.2 Å². The van der Waals surface area contributed by atoms with Crippen LogP contribution in [-0.4, -0.2) is 42.6 Å². The molecule has 0 unspecified atom stereocenters. The summed E-state index contributed by atoms with van der Waals surface area (Å²) < 4.78 is 11.1. The molecule has 1 aromatic heterocycles. The predicted octanol–water partition coefficient (Wildman–Crippen LogP) is 4.51. The minimum atomic E-state index is -0.286. The smallest absolute Gasteiger partial charge is 0.255 e. The highest BCUT2D eigenvalue weighted by Crippen LogP contribution is 2.37. The van der Waals surface area contributed by atoms with Gasteiger partial charge in [-0.05, 0) is 44.7 Å². The normalized spacial score (nSPS) is 15.7. The predicted molar refractivity (Wildman–Crippen MR) is 115 cm³/mol. The summed E-state index contributed by atoms with van der Waals surface area (Å²) in [5.74, 6) is 0.566. The van der Waals surface area contributed by atoms with Crippen molar-refractivity contribution in [3.8, 4) is 11.5 Å². The lowest BCUT2D eigenvalue weighted by molar-refractivity contribution is 0.102. The van der Waals surface area contributed by atoms with E-state index in [1.54, 1.807) is 18.3 Å². The molecule has 156 valence electrons. The van der Waals surface area contributed by atoms with Gasteiger partial charge in [0.05, 0.1) is 35.8 Å². The average Bonchev–Trinajstić information content (AvgIpc) is 2.61. The Morgan fingerprint density at radius 2 is 2.03 bits per heavy atom. The number of hydrogen-bond acceptors (Lipinski definition) is 5. The molecular formula is C22H28ClN3O3. The second kappa shape index (κ2) is 8.20. The van der Waals surface area contributed by atoms with Gasteiger partial charge in [0.2, 0.25) is 0 Å². The molecule has 0 saturated heterocycles. The van der Waals surface area contributed by atoms with Gasteiger partial charge >= 0.3 is 0 Å². The maximum absolute atomic E-state index is 12.8. The molecule has 6 nitrogen and oxygen atoms in total. The molecule has 0 saturated carbocycles. The molecule has 2 aromatic rings. The highest BCUT2D eigenvalue weighted by Gasteiger charge is 2.31. The fourth-order valence-corrected chi connectivity index (χ4v) is 4.06. The minimum Gasteiger partial charge on any atom is -0.493 e. The number of carbonyl (C=O) groups is 1. The number of nitrogens with zero attached hydrogens (tertiary/aromatic N) is 2. The third kappa shape index (κ3) is 4.65. The van der Waals surface area contributed by atoms with Crippen molar-refractivity contribution >= 4 is 23.2 Å². The summed E-state index contributed by atoms with van der Waals surface area (Å²) in [6, 6.07) is 5.20. The Labute approximate surface area is 177 Å². The molecule has 0 bridgehead atoms. The van der Waals surface area contributed by atoms with Crippen LogP contribution in [-0.2, 0) is 12.0 Å². The van der Waals surface area contributed by atoms with E-state index in [0.717, 1.165) is 24.3 Å². The number of methoxy groups -OCH3 is 1. The Kier molecular flexibility index (Phi) is 6.05. The SMILES string of the molecule is COc1cc(C(=O)Nc2cnc3c(c2)CN(C)CC3(C)C)cc(Cl)c1OC(C)C. The van der Waals surface area contributed by atoms with Crippen molar-refractivity contribution in [3.63, 3.8) is 0 Å². The molecule has 7 heteroatoms. The van der Waals surface area contributed by atoms with Crippen LogP contribution in [0.5, 0.6) is 11.5 Å². The maximum Gasteiger partial charge on any atom is 0.255 e. The van der Waals surface area contributed by atoms with Crippen LogP contribution >= 0.6 is 11.6 Å². The van der Waals surface area contributed by atoms with E-state index in [9.17, 15) is 4.79 Å². The lowest BCUT2D eigenvalue weighted by atomic mass is 9.82. The lowest BCUT2D eigenvalue weighted by Gasteiger charge is -2.37. The zero-order chi connectivity index (χ0) is 21.3. The molecule has 1 N–H and O–H groups in total. The van der Waals surface area contributed by atoms with Gasteiger partial charge in [-0.15, -0.1) is 0 Å². The molecule has 29 heavy (non-hydrogen) atoms. The number of amides is 1. The maximum atomic E-state index is 12.8. The van der Waals surface area contributed by atoms with Crippen molar-refractivity contribution in [2.45, 2.75) is 45.8 Å². The number of fused-ring (bicyclic) bond motifs is 1. The molecule has 0 spiro atoms. The Hall–Kier alpha value is -2.31. The van der Waals surface area contributed by atoms with E-state index < -0.39 is 0 Å². The number of pyridine rings is 1. The number of anilines is 1. The second-order valence-corrected chi connectivity index (χ2v) is 8.81. The van der Waals surface area contributed by atoms with Gasteiger partial charge in [0.15, 0.2) is 11.5 Å². The first-order valence-electron chi connectivity index (χ1n) is 9.64. The Morgan fingerprint density at radius 1 is 1.31 bits per heavy atom. The number of nitrogens with one attached hydrogen (secondary N) is 1. The summed E-state index contributed by atoms with van der Waals surface area (Å²) in [6.45, 7) is 9.91. The first-order chi connectivity index (χ1) is 13.6. The van der Waals surface area contributed by atoms with Crippen LogP contribution in [0.25, 0.3) is 0 Å². The topological polar surface area (TPSA) is 63.7 Å². The van der Waals surface area contributed by atoms with E-state index in [0.29, 0.717) is 27.8 Å². The third-order valence-corrected chi connectivity index (χ3v) is 5.10. The Bertz CT molecular complexity index is 928. The Balaban J connectivity index is 1.86. The molecule has 1 aromatic carbocycles.